The van der Waals surface area contributed by atoms with Crippen molar-refractivity contribution < 1.29 is 14.3 Å². The Kier molecular flexibility index (Phi) is 7.80. The predicted molar refractivity (Wildman–Crippen MR) is 159 cm³/mol. The molecule has 1 aliphatic carbocycles. The SMILES string of the molecule is O=C(NCCc1ccc(Oc2ccccc2)cc1)c1ccc(C(=O)N2CCC[C@@H]3CCCC[C@@H]32)c2ccccc12. The lowest BCUT2D eigenvalue weighted by Crippen LogP contribution is -2.49. The van der Waals surface area contributed by atoms with Crippen LogP contribution in [0, 0.1) is 5.92 Å². The highest BCUT2D eigenvalue weighted by molar-refractivity contribution is 6.14. The summed E-state index contributed by atoms with van der Waals surface area (Å²) in [5.41, 5.74) is 2.43. The minimum Gasteiger partial charge on any atom is -0.457 e. The van der Waals surface area contributed by atoms with Crippen LogP contribution >= 0.6 is 0 Å². The Morgan fingerprint density at radius 2 is 1.38 bits per heavy atom. The average Bonchev–Trinajstić information content (AvgIpc) is 3.01. The van der Waals surface area contributed by atoms with Crippen molar-refractivity contribution in [1.29, 1.82) is 0 Å². The Bertz CT molecular complexity index is 1480. The van der Waals surface area contributed by atoms with Gasteiger partial charge in [0, 0.05) is 30.3 Å². The number of hydrogen-bond acceptors (Lipinski definition) is 3. The highest BCUT2D eigenvalue weighted by Crippen LogP contribution is 2.37. The lowest BCUT2D eigenvalue weighted by Gasteiger charge is -2.44. The predicted octanol–water partition coefficient (Wildman–Crippen LogP) is 7.40. The van der Waals surface area contributed by atoms with Crippen molar-refractivity contribution in [2.24, 2.45) is 5.92 Å². The first kappa shape index (κ1) is 26.1. The second-order valence-electron chi connectivity index (χ2n) is 11.0. The van der Waals surface area contributed by atoms with Crippen LogP contribution in [0.5, 0.6) is 11.5 Å². The molecule has 0 unspecified atom stereocenters. The number of para-hydroxylation sites is 1. The van der Waals surface area contributed by atoms with Crippen molar-refractivity contribution >= 4 is 22.6 Å². The fourth-order valence-electron chi connectivity index (χ4n) is 6.48. The van der Waals surface area contributed by atoms with Gasteiger partial charge >= 0.3 is 0 Å². The molecular weight excluding hydrogens is 496 g/mol. The second kappa shape index (κ2) is 12.0. The largest absolute Gasteiger partial charge is 0.457 e. The highest BCUT2D eigenvalue weighted by atomic mass is 16.5. The Balaban J connectivity index is 1.12. The molecule has 2 atom stereocenters. The first-order valence-electron chi connectivity index (χ1n) is 14.6. The lowest BCUT2D eigenvalue weighted by atomic mass is 9.78. The van der Waals surface area contributed by atoms with E-state index >= 15 is 0 Å². The minimum absolute atomic E-state index is 0.111. The molecule has 2 amide bonds. The van der Waals surface area contributed by atoms with E-state index in [0.717, 1.165) is 47.2 Å². The van der Waals surface area contributed by atoms with Crippen molar-refractivity contribution in [3.05, 3.63) is 108 Å². The van der Waals surface area contributed by atoms with Gasteiger partial charge in [-0.15, -0.1) is 0 Å². The number of rotatable bonds is 7. The van der Waals surface area contributed by atoms with Gasteiger partial charge in [0.15, 0.2) is 0 Å². The Hall–Kier alpha value is -4.12. The molecule has 5 nitrogen and oxygen atoms in total. The molecule has 4 aromatic rings. The molecule has 1 saturated heterocycles. The molecule has 1 saturated carbocycles. The molecule has 0 radical (unpaired) electrons. The molecular formula is C35H36N2O3. The first-order chi connectivity index (χ1) is 19.7. The van der Waals surface area contributed by atoms with Crippen LogP contribution < -0.4 is 10.1 Å². The number of nitrogens with one attached hydrogen (secondary N) is 1. The van der Waals surface area contributed by atoms with Crippen LogP contribution in [0.1, 0.15) is 64.8 Å². The van der Waals surface area contributed by atoms with E-state index < -0.39 is 0 Å². The van der Waals surface area contributed by atoms with Gasteiger partial charge in [-0.05, 0) is 90.8 Å². The van der Waals surface area contributed by atoms with Crippen LogP contribution in [0.3, 0.4) is 0 Å². The van der Waals surface area contributed by atoms with Crippen LogP contribution in [-0.2, 0) is 6.42 Å². The van der Waals surface area contributed by atoms with Gasteiger partial charge < -0.3 is 15.0 Å². The van der Waals surface area contributed by atoms with Crippen LogP contribution in [0.25, 0.3) is 10.8 Å². The van der Waals surface area contributed by atoms with Crippen LogP contribution in [0.15, 0.2) is 91.0 Å². The zero-order chi connectivity index (χ0) is 27.3. The molecule has 4 aromatic carbocycles. The Labute approximate surface area is 236 Å². The fraction of sp³-hybridized carbons (Fsp3) is 0.314. The fourth-order valence-corrected chi connectivity index (χ4v) is 6.48. The minimum atomic E-state index is -0.121. The highest BCUT2D eigenvalue weighted by Gasteiger charge is 2.36. The molecule has 0 spiro atoms. The number of carbonyl (C=O) groups is 2. The summed E-state index contributed by atoms with van der Waals surface area (Å²) >= 11 is 0. The van der Waals surface area contributed by atoms with E-state index in [1.807, 2.05) is 91.0 Å². The standard InChI is InChI=1S/C35H36N2O3/c38-34(36-23-22-25-16-18-28(19-17-25)40-27-11-2-1-3-12-27)31-20-21-32(30-14-6-5-13-29(30)31)35(39)37-24-8-10-26-9-4-7-15-33(26)37/h1-3,5-6,11-14,16-21,26,33H,4,7-10,15,22-24H2,(H,36,38)/t26-,33-/m0/s1. The van der Waals surface area contributed by atoms with Crippen LogP contribution in [0.4, 0.5) is 0 Å². The molecule has 1 aliphatic heterocycles. The number of amides is 2. The van der Waals surface area contributed by atoms with Crippen LogP contribution in [0.2, 0.25) is 0 Å². The van der Waals surface area contributed by atoms with Crippen molar-refractivity contribution in [2.45, 2.75) is 51.0 Å². The zero-order valence-electron chi connectivity index (χ0n) is 22.9. The number of benzene rings is 4. The number of hydrogen-bond donors (Lipinski definition) is 1. The van der Waals surface area contributed by atoms with Gasteiger partial charge in [-0.3, -0.25) is 9.59 Å². The van der Waals surface area contributed by atoms with Gasteiger partial charge in [-0.1, -0.05) is 67.4 Å². The van der Waals surface area contributed by atoms with Gasteiger partial charge in [0.2, 0.25) is 0 Å². The van der Waals surface area contributed by atoms with E-state index in [2.05, 4.69) is 10.2 Å². The number of nitrogens with zero attached hydrogens (tertiary/aromatic N) is 1. The molecule has 204 valence electrons. The van der Waals surface area contributed by atoms with Gasteiger partial charge in [-0.2, -0.15) is 0 Å². The van der Waals surface area contributed by atoms with E-state index in [1.54, 1.807) is 0 Å². The number of ether oxygens (including phenoxy) is 1. The maximum Gasteiger partial charge on any atom is 0.254 e. The smallest absolute Gasteiger partial charge is 0.254 e. The van der Waals surface area contributed by atoms with E-state index in [1.165, 1.54) is 25.7 Å². The second-order valence-corrected chi connectivity index (χ2v) is 11.0. The van der Waals surface area contributed by atoms with E-state index in [-0.39, 0.29) is 11.8 Å². The third kappa shape index (κ3) is 5.60. The molecule has 40 heavy (non-hydrogen) atoms. The molecule has 0 aromatic heterocycles. The summed E-state index contributed by atoms with van der Waals surface area (Å²) in [7, 11) is 0. The van der Waals surface area contributed by atoms with Crippen molar-refractivity contribution in [2.75, 3.05) is 13.1 Å². The molecule has 6 rings (SSSR count). The summed E-state index contributed by atoms with van der Waals surface area (Å²) in [4.78, 5) is 29.2. The molecule has 1 heterocycles. The molecule has 2 aliphatic rings. The molecule has 0 bridgehead atoms. The van der Waals surface area contributed by atoms with Gasteiger partial charge in [0.1, 0.15) is 11.5 Å². The number of likely N-dealkylation sites (tertiary alicyclic amines) is 1. The molecule has 2 fully saturated rings. The van der Waals surface area contributed by atoms with E-state index in [0.29, 0.717) is 36.1 Å². The summed E-state index contributed by atoms with van der Waals surface area (Å²) in [6, 6.07) is 29.5. The normalized spacial score (nSPS) is 18.6. The van der Waals surface area contributed by atoms with E-state index in [4.69, 9.17) is 4.74 Å². The average molecular weight is 533 g/mol. The topological polar surface area (TPSA) is 58.6 Å². The van der Waals surface area contributed by atoms with Gasteiger partial charge in [0.05, 0.1) is 0 Å². The molecule has 5 heteroatoms. The van der Waals surface area contributed by atoms with Crippen LogP contribution in [-0.4, -0.2) is 35.8 Å². The summed E-state index contributed by atoms with van der Waals surface area (Å²) < 4.78 is 5.87. The van der Waals surface area contributed by atoms with E-state index in [9.17, 15) is 9.59 Å². The monoisotopic (exact) mass is 532 g/mol. The maximum absolute atomic E-state index is 13.8. The number of fused-ring (bicyclic) bond motifs is 2. The summed E-state index contributed by atoms with van der Waals surface area (Å²) in [5.74, 6) is 2.21. The number of carbonyl (C=O) groups excluding carboxylic acids is 2. The third-order valence-electron chi connectivity index (χ3n) is 8.50. The van der Waals surface area contributed by atoms with Crippen molar-refractivity contribution in [3.8, 4) is 11.5 Å². The summed E-state index contributed by atoms with van der Waals surface area (Å²) in [5, 5.41) is 4.76. The first-order valence-corrected chi connectivity index (χ1v) is 14.6. The Morgan fingerprint density at radius 3 is 2.17 bits per heavy atom. The lowest BCUT2D eigenvalue weighted by molar-refractivity contribution is 0.0392. The molecule has 1 N–H and O–H groups in total. The quantitative estimate of drug-likeness (QED) is 0.270. The third-order valence-corrected chi connectivity index (χ3v) is 8.50. The van der Waals surface area contributed by atoms with Gasteiger partial charge in [0.25, 0.3) is 11.8 Å². The maximum atomic E-state index is 13.8. The zero-order valence-corrected chi connectivity index (χ0v) is 22.9. The van der Waals surface area contributed by atoms with Gasteiger partial charge in [-0.25, -0.2) is 0 Å². The number of piperidine rings is 1. The summed E-state index contributed by atoms with van der Waals surface area (Å²) in [6.45, 7) is 1.35. The summed E-state index contributed by atoms with van der Waals surface area (Å²) in [6.07, 6.45) is 7.86. The Morgan fingerprint density at radius 1 is 0.725 bits per heavy atom. The van der Waals surface area contributed by atoms with Crippen molar-refractivity contribution in [3.63, 3.8) is 0 Å². The van der Waals surface area contributed by atoms with Crippen molar-refractivity contribution in [1.82, 2.24) is 10.2 Å².